The summed E-state index contributed by atoms with van der Waals surface area (Å²) in [7, 11) is 1.40. The molecule has 17 nitrogen and oxygen atoms in total. The zero-order chi connectivity index (χ0) is 50.9. The fraction of sp³-hybridized carbons (Fsp3) is 0.418. The molecule has 74 heavy (non-hydrogen) atoms. The van der Waals surface area contributed by atoms with Crippen LogP contribution in [0.4, 0.5) is 31.5 Å². The predicted octanol–water partition coefficient (Wildman–Crippen LogP) is 8.49. The number of pyridine rings is 2. The van der Waals surface area contributed by atoms with Gasteiger partial charge in [0.25, 0.3) is 11.8 Å². The number of fused-ring (bicyclic) bond motifs is 8. The highest BCUT2D eigenvalue weighted by molar-refractivity contribution is 6.08. The number of morpholine rings is 1. The molecule has 5 atom stereocenters. The molecule has 2 aromatic carbocycles. The summed E-state index contributed by atoms with van der Waals surface area (Å²) in [5, 5.41) is 13.1. The summed E-state index contributed by atoms with van der Waals surface area (Å²) in [6.07, 6.45) is 10.2. The lowest BCUT2D eigenvalue weighted by molar-refractivity contribution is -0.111. The van der Waals surface area contributed by atoms with Gasteiger partial charge in [-0.15, -0.1) is 0 Å². The quantitative estimate of drug-likeness (QED) is 0.0809. The summed E-state index contributed by atoms with van der Waals surface area (Å²) in [4.78, 5) is 48.5. The number of aromatic amines is 2. The second-order valence-corrected chi connectivity index (χ2v) is 19.9. The number of para-hydroxylation sites is 2. The Morgan fingerprint density at radius 3 is 1.99 bits per heavy atom. The van der Waals surface area contributed by atoms with Crippen LogP contribution in [0.25, 0.3) is 22.5 Å². The van der Waals surface area contributed by atoms with Gasteiger partial charge in [-0.05, 0) is 89.0 Å². The zero-order valence-electron chi connectivity index (χ0n) is 41.8. The van der Waals surface area contributed by atoms with Gasteiger partial charge in [0.2, 0.25) is 0 Å². The largest absolute Gasteiger partial charge is 0.492 e. The van der Waals surface area contributed by atoms with Crippen LogP contribution < -0.4 is 40.2 Å². The Labute approximate surface area is 428 Å². The minimum Gasteiger partial charge on any atom is -0.492 e. The number of anilines is 4. The molecule has 4 aromatic heterocycles. The standard InChI is InChI=1S/C55H62F2N10O7/c1-31(2)67-20-5-4-9-32-23-60-54(68)44-46(32)64-48(36-15-17-58-25-42(36)71-22-21-67)51(44)63-41-14-7-12-39(57)53(41)73-30-35-28-66-19-8-10-33-24-61-55(69)45-47(33)65-49(50(45)62-40-13-6-11-38(56)52(40)70-3)37-16-18-59-26-43(37)72-29-34(27-66)74-35/h6-7,11-18,25-26,31-35,62-65H,4-5,8-10,19-24,27-30H2,1-3H3,(H,60,68)(H,61,69)/t32?,33-,34+,35?/m1/s1. The highest BCUT2D eigenvalue weighted by Gasteiger charge is 2.37. The summed E-state index contributed by atoms with van der Waals surface area (Å²) in [6.45, 7) is 9.42. The zero-order valence-corrected chi connectivity index (χ0v) is 41.8. The van der Waals surface area contributed by atoms with Gasteiger partial charge in [0.1, 0.15) is 43.5 Å². The Bertz CT molecular complexity index is 3040. The van der Waals surface area contributed by atoms with E-state index in [9.17, 15) is 14.0 Å². The number of benzene rings is 2. The lowest BCUT2D eigenvalue weighted by Gasteiger charge is -2.38. The molecule has 6 aromatic rings. The molecule has 2 amide bonds. The molecule has 11 rings (SSSR count). The van der Waals surface area contributed by atoms with E-state index in [4.69, 9.17) is 23.7 Å². The highest BCUT2D eigenvalue weighted by atomic mass is 19.1. The molecule has 5 aliphatic rings. The maximum absolute atomic E-state index is 16.3. The number of carbonyl (C=O) groups is 2. The van der Waals surface area contributed by atoms with Crippen molar-refractivity contribution in [3.63, 3.8) is 0 Å². The van der Waals surface area contributed by atoms with Crippen LogP contribution in [-0.4, -0.2) is 133 Å². The number of nitrogens with zero attached hydrogens (tertiary/aromatic N) is 4. The second kappa shape index (κ2) is 21.3. The number of H-pyrrole nitrogens is 2. The number of hydrogen-bond donors (Lipinski definition) is 6. The van der Waals surface area contributed by atoms with Gasteiger partial charge < -0.3 is 54.9 Å². The first-order valence-corrected chi connectivity index (χ1v) is 25.7. The lowest BCUT2D eigenvalue weighted by atomic mass is 9.91. The fourth-order valence-corrected chi connectivity index (χ4v) is 11.2. The fourth-order valence-electron chi connectivity index (χ4n) is 11.2. The molecule has 388 valence electrons. The maximum atomic E-state index is 16.3. The molecule has 3 unspecified atom stereocenters. The van der Waals surface area contributed by atoms with Crippen LogP contribution in [0.3, 0.4) is 0 Å². The van der Waals surface area contributed by atoms with Crippen molar-refractivity contribution in [1.29, 1.82) is 0 Å². The van der Waals surface area contributed by atoms with Gasteiger partial charge in [-0.3, -0.25) is 29.4 Å². The number of methoxy groups -OCH3 is 1. The summed E-state index contributed by atoms with van der Waals surface area (Å²) in [5.41, 5.74) is 6.74. The first kappa shape index (κ1) is 49.0. The van der Waals surface area contributed by atoms with E-state index in [2.05, 4.69) is 64.9 Å². The van der Waals surface area contributed by atoms with E-state index in [1.54, 1.807) is 49.1 Å². The SMILES string of the molecule is COc1c(F)cccc1Nc1c2[nH]c3c1C(=O)NC[C@H]3CCCN1CC(COc3c(F)cccc3Nc3c4[nH]c5c3C(=O)NCC5CCCCN(C(C)C)CCOc3cnccc3-4)O[C@H](COc3cnccc3-2)C1. The van der Waals surface area contributed by atoms with Crippen molar-refractivity contribution in [2.75, 3.05) is 83.4 Å². The van der Waals surface area contributed by atoms with Crippen molar-refractivity contribution >= 4 is 34.6 Å². The Morgan fingerprint density at radius 1 is 0.743 bits per heavy atom. The van der Waals surface area contributed by atoms with Crippen molar-refractivity contribution in [2.45, 2.75) is 76.0 Å². The number of aromatic nitrogens is 4. The molecular weight excluding hydrogens is 951 g/mol. The minimum absolute atomic E-state index is 0.0113. The first-order valence-electron chi connectivity index (χ1n) is 25.7. The number of ether oxygens (including phenoxy) is 5. The third-order valence-corrected chi connectivity index (χ3v) is 14.9. The molecule has 0 aliphatic carbocycles. The molecule has 0 radical (unpaired) electrons. The van der Waals surface area contributed by atoms with Crippen molar-refractivity contribution in [1.82, 2.24) is 40.4 Å². The normalized spacial score (nSPS) is 22.1. The molecule has 5 aliphatic heterocycles. The number of amides is 2. The van der Waals surface area contributed by atoms with Crippen LogP contribution in [0.5, 0.6) is 23.0 Å². The number of hydrogen-bond acceptors (Lipinski definition) is 13. The molecule has 6 N–H and O–H groups in total. The van der Waals surface area contributed by atoms with Gasteiger partial charge in [-0.2, -0.15) is 0 Å². The summed E-state index contributed by atoms with van der Waals surface area (Å²) < 4.78 is 62.9. The molecule has 9 heterocycles. The maximum Gasteiger partial charge on any atom is 0.255 e. The molecule has 1 saturated heterocycles. The number of halogens is 2. The van der Waals surface area contributed by atoms with E-state index in [0.29, 0.717) is 108 Å². The van der Waals surface area contributed by atoms with Crippen molar-refractivity contribution in [3.05, 3.63) is 107 Å². The van der Waals surface area contributed by atoms with Crippen molar-refractivity contribution < 1.29 is 42.1 Å². The van der Waals surface area contributed by atoms with Crippen LogP contribution in [-0.2, 0) is 4.74 Å². The van der Waals surface area contributed by atoms with Gasteiger partial charge >= 0.3 is 0 Å². The van der Waals surface area contributed by atoms with E-state index in [1.165, 1.54) is 19.2 Å². The van der Waals surface area contributed by atoms with Gasteiger partial charge in [0.05, 0.1) is 64.8 Å². The summed E-state index contributed by atoms with van der Waals surface area (Å²) >= 11 is 0. The highest BCUT2D eigenvalue weighted by Crippen LogP contribution is 2.47. The van der Waals surface area contributed by atoms with Gasteiger partial charge in [-0.1, -0.05) is 18.6 Å². The van der Waals surface area contributed by atoms with Crippen LogP contribution >= 0.6 is 0 Å². The Hall–Kier alpha value is -7.22. The van der Waals surface area contributed by atoms with E-state index in [0.717, 1.165) is 62.1 Å². The Kier molecular flexibility index (Phi) is 14.1. The third-order valence-electron chi connectivity index (χ3n) is 14.9. The van der Waals surface area contributed by atoms with Gasteiger partial charge in [-0.25, -0.2) is 8.78 Å². The third kappa shape index (κ3) is 9.82. The van der Waals surface area contributed by atoms with Crippen molar-refractivity contribution in [2.24, 2.45) is 0 Å². The number of carbonyl (C=O) groups excluding carboxylic acids is 2. The Morgan fingerprint density at radius 2 is 1.35 bits per heavy atom. The summed E-state index contributed by atoms with van der Waals surface area (Å²) in [6, 6.07) is 13.4. The van der Waals surface area contributed by atoms with E-state index < -0.39 is 23.8 Å². The molecule has 19 heteroatoms. The van der Waals surface area contributed by atoms with Crippen LogP contribution in [0, 0.1) is 11.6 Å². The molecular formula is C55H62F2N10O7. The lowest BCUT2D eigenvalue weighted by Crippen LogP contribution is -2.51. The first-order chi connectivity index (χ1) is 36.1. The molecule has 0 spiro atoms. The minimum atomic E-state index is -0.578. The van der Waals surface area contributed by atoms with Crippen molar-refractivity contribution in [3.8, 4) is 45.5 Å². The smallest absolute Gasteiger partial charge is 0.255 e. The van der Waals surface area contributed by atoms with E-state index >= 15 is 4.39 Å². The van der Waals surface area contributed by atoms with E-state index in [-0.39, 0.29) is 48.4 Å². The number of rotatable bonds is 9. The number of nitrogens with one attached hydrogen (secondary N) is 6. The topological polar surface area (TPSA) is 192 Å². The average Bonchev–Trinajstić information content (AvgIpc) is 3.97. The monoisotopic (exact) mass is 1010 g/mol. The van der Waals surface area contributed by atoms with Crippen LogP contribution in [0.1, 0.15) is 89.9 Å². The molecule has 0 saturated carbocycles. The predicted molar refractivity (Wildman–Crippen MR) is 275 cm³/mol. The van der Waals surface area contributed by atoms with Crippen LogP contribution in [0.15, 0.2) is 73.3 Å². The van der Waals surface area contributed by atoms with E-state index in [1.807, 2.05) is 12.1 Å². The average molecular weight is 1010 g/mol. The Balaban J connectivity index is 0.868. The molecule has 6 bridgehead atoms. The molecule has 1 fully saturated rings. The summed E-state index contributed by atoms with van der Waals surface area (Å²) in [5.74, 6) is -0.618. The second-order valence-electron chi connectivity index (χ2n) is 19.9. The van der Waals surface area contributed by atoms with Gasteiger partial charge in [0.15, 0.2) is 23.1 Å². The van der Waals surface area contributed by atoms with Gasteiger partial charge in [0, 0.05) is 85.5 Å². The van der Waals surface area contributed by atoms with Crippen LogP contribution in [0.2, 0.25) is 0 Å².